The molecule has 3 aromatic rings. The van der Waals surface area contributed by atoms with E-state index in [9.17, 15) is 8.78 Å². The summed E-state index contributed by atoms with van der Waals surface area (Å²) < 4.78 is 33.9. The van der Waals surface area contributed by atoms with Gasteiger partial charge in [-0.05, 0) is 25.1 Å². The number of nitrogens with zero attached hydrogens (tertiary/aromatic N) is 5. The van der Waals surface area contributed by atoms with Gasteiger partial charge in [0.25, 0.3) is 0 Å². The summed E-state index contributed by atoms with van der Waals surface area (Å²) in [6, 6.07) is 8.02. The largest absolute Gasteiger partial charge is 0.378 e. The zero-order chi connectivity index (χ0) is 21.4. The van der Waals surface area contributed by atoms with E-state index in [0.717, 1.165) is 56.8 Å². The molecule has 0 atom stereocenters. The van der Waals surface area contributed by atoms with Crippen LogP contribution in [0.1, 0.15) is 5.69 Å². The number of imidazole rings is 1. The lowest BCUT2D eigenvalue weighted by atomic mass is 10.1. The first-order chi connectivity index (χ1) is 15.0. The Hall–Kier alpha value is -3.04. The first-order valence-electron chi connectivity index (χ1n) is 10.4. The van der Waals surface area contributed by atoms with E-state index >= 15 is 0 Å². The van der Waals surface area contributed by atoms with Crippen LogP contribution in [0.3, 0.4) is 0 Å². The average molecular weight is 426 g/mol. The van der Waals surface area contributed by atoms with Crippen molar-refractivity contribution in [3.63, 3.8) is 0 Å². The molecule has 31 heavy (non-hydrogen) atoms. The van der Waals surface area contributed by atoms with Crippen LogP contribution in [0.25, 0.3) is 5.69 Å². The number of aromatic nitrogens is 3. The molecular weight excluding hydrogens is 402 g/mol. The lowest BCUT2D eigenvalue weighted by Gasteiger charge is -2.43. The van der Waals surface area contributed by atoms with Crippen LogP contribution in [0.5, 0.6) is 0 Å². The predicted molar refractivity (Wildman–Crippen MR) is 114 cm³/mol. The fraction of sp³-hybridized carbons (Fsp3) is 0.364. The van der Waals surface area contributed by atoms with Gasteiger partial charge in [0.1, 0.15) is 29.6 Å². The minimum atomic E-state index is -0.631. The Bertz CT molecular complexity index is 1060. The normalized spacial score (nSPS) is 17.6. The molecule has 0 unspecified atom stereocenters. The molecule has 0 amide bonds. The minimum absolute atomic E-state index is 0.366. The molecule has 1 aromatic carbocycles. The van der Waals surface area contributed by atoms with Crippen LogP contribution in [0.2, 0.25) is 0 Å². The maximum absolute atomic E-state index is 13.5. The predicted octanol–water partition coefficient (Wildman–Crippen LogP) is 3.12. The number of benzene rings is 1. The Morgan fingerprint density at radius 2 is 1.68 bits per heavy atom. The summed E-state index contributed by atoms with van der Waals surface area (Å²) >= 11 is 0. The summed E-state index contributed by atoms with van der Waals surface area (Å²) in [6.45, 7) is 7.61. The third-order valence-electron chi connectivity index (χ3n) is 5.74. The lowest BCUT2D eigenvalue weighted by molar-refractivity contribution is -0.0660. The first kappa shape index (κ1) is 19.9. The second-order valence-electron chi connectivity index (χ2n) is 7.99. The van der Waals surface area contributed by atoms with Crippen LogP contribution in [-0.2, 0) is 4.74 Å². The number of hydrogen-bond acceptors (Lipinski definition) is 6. The van der Waals surface area contributed by atoms with Crippen LogP contribution in [-0.4, -0.2) is 64.9 Å². The SMILES string of the molecule is Cc1cc(N2CCN(C3COC3)CC2)cc(Nc2cn(-c3cc(F)cc(F)c3)cn2)n1. The maximum atomic E-state index is 13.5. The molecule has 5 rings (SSSR count). The molecule has 0 aliphatic carbocycles. The highest BCUT2D eigenvalue weighted by Crippen LogP contribution is 2.24. The number of piperazine rings is 1. The van der Waals surface area contributed by atoms with Gasteiger partial charge in [-0.1, -0.05) is 0 Å². The van der Waals surface area contributed by atoms with Gasteiger partial charge in [0.05, 0.1) is 31.1 Å². The van der Waals surface area contributed by atoms with Crippen LogP contribution < -0.4 is 10.2 Å². The highest BCUT2D eigenvalue weighted by Gasteiger charge is 2.29. The third kappa shape index (κ3) is 4.38. The van der Waals surface area contributed by atoms with Crippen LogP contribution in [0.15, 0.2) is 42.9 Å². The fourth-order valence-corrected chi connectivity index (χ4v) is 4.02. The van der Waals surface area contributed by atoms with Crippen molar-refractivity contribution in [1.82, 2.24) is 19.4 Å². The number of rotatable bonds is 5. The monoisotopic (exact) mass is 426 g/mol. The number of anilines is 3. The summed E-state index contributed by atoms with van der Waals surface area (Å²) in [6.07, 6.45) is 3.19. The van der Waals surface area contributed by atoms with Gasteiger partial charge < -0.3 is 19.5 Å². The number of halogens is 2. The van der Waals surface area contributed by atoms with E-state index in [1.165, 1.54) is 18.5 Å². The van der Waals surface area contributed by atoms with Crippen LogP contribution >= 0.6 is 0 Å². The second-order valence-corrected chi connectivity index (χ2v) is 7.99. The standard InChI is InChI=1S/C22H24F2N6O/c1-15-6-18(28-2-4-29(5-3-28)20-12-31-13-20)10-21(26-15)27-22-11-30(14-25-22)19-8-16(23)7-17(24)9-19/h6-11,14,20H,2-5,12-13H2,1H3,(H,26,27). The van der Waals surface area contributed by atoms with E-state index in [1.807, 2.05) is 13.0 Å². The zero-order valence-electron chi connectivity index (χ0n) is 17.3. The highest BCUT2D eigenvalue weighted by molar-refractivity contribution is 5.60. The van der Waals surface area contributed by atoms with Crippen molar-refractivity contribution in [2.45, 2.75) is 13.0 Å². The van der Waals surface area contributed by atoms with Gasteiger partial charge in [-0.15, -0.1) is 0 Å². The van der Waals surface area contributed by atoms with Gasteiger partial charge in [0, 0.05) is 49.7 Å². The summed E-state index contributed by atoms with van der Waals surface area (Å²) in [5.41, 5.74) is 2.39. The van der Waals surface area contributed by atoms with Gasteiger partial charge in [-0.3, -0.25) is 4.90 Å². The lowest BCUT2D eigenvalue weighted by Crippen LogP contribution is -2.56. The van der Waals surface area contributed by atoms with Crippen molar-refractivity contribution in [3.8, 4) is 5.69 Å². The van der Waals surface area contributed by atoms with Gasteiger partial charge in [-0.2, -0.15) is 0 Å². The Balaban J connectivity index is 1.29. The van der Waals surface area contributed by atoms with E-state index in [2.05, 4.69) is 31.2 Å². The number of hydrogen-bond donors (Lipinski definition) is 1. The van der Waals surface area contributed by atoms with Gasteiger partial charge in [0.15, 0.2) is 0 Å². The molecule has 0 spiro atoms. The molecule has 7 nitrogen and oxygen atoms in total. The summed E-state index contributed by atoms with van der Waals surface area (Å²) in [4.78, 5) is 13.7. The van der Waals surface area contributed by atoms with Gasteiger partial charge in [-0.25, -0.2) is 18.7 Å². The maximum Gasteiger partial charge on any atom is 0.150 e. The molecule has 4 heterocycles. The van der Waals surface area contributed by atoms with Crippen LogP contribution in [0.4, 0.5) is 26.1 Å². The number of pyridine rings is 1. The number of ether oxygens (including phenoxy) is 1. The topological polar surface area (TPSA) is 58.5 Å². The fourth-order valence-electron chi connectivity index (χ4n) is 4.02. The van der Waals surface area contributed by atoms with Crippen molar-refractivity contribution in [2.75, 3.05) is 49.6 Å². The number of nitrogens with one attached hydrogen (secondary N) is 1. The van der Waals surface area contributed by atoms with Crippen molar-refractivity contribution in [2.24, 2.45) is 0 Å². The van der Waals surface area contributed by atoms with Crippen molar-refractivity contribution < 1.29 is 13.5 Å². The van der Waals surface area contributed by atoms with Crippen molar-refractivity contribution in [1.29, 1.82) is 0 Å². The Morgan fingerprint density at radius 3 is 2.35 bits per heavy atom. The van der Waals surface area contributed by atoms with Crippen molar-refractivity contribution in [3.05, 3.63) is 60.2 Å². The highest BCUT2D eigenvalue weighted by atomic mass is 19.1. The molecule has 2 saturated heterocycles. The zero-order valence-corrected chi connectivity index (χ0v) is 17.3. The molecule has 0 radical (unpaired) electrons. The number of aryl methyl sites for hydroxylation is 1. The quantitative estimate of drug-likeness (QED) is 0.677. The molecule has 162 valence electrons. The van der Waals surface area contributed by atoms with Gasteiger partial charge in [0.2, 0.25) is 0 Å². The minimum Gasteiger partial charge on any atom is -0.378 e. The van der Waals surface area contributed by atoms with E-state index in [0.29, 0.717) is 23.4 Å². The Morgan fingerprint density at radius 1 is 0.935 bits per heavy atom. The van der Waals surface area contributed by atoms with E-state index < -0.39 is 11.6 Å². The first-order valence-corrected chi connectivity index (χ1v) is 10.4. The van der Waals surface area contributed by atoms with Crippen LogP contribution in [0, 0.1) is 18.6 Å². The van der Waals surface area contributed by atoms with Gasteiger partial charge >= 0.3 is 0 Å². The average Bonchev–Trinajstić information content (AvgIpc) is 3.14. The molecule has 2 fully saturated rings. The molecular formula is C22H24F2N6O. The molecule has 2 aliphatic rings. The smallest absolute Gasteiger partial charge is 0.150 e. The second kappa shape index (κ2) is 8.24. The summed E-state index contributed by atoms with van der Waals surface area (Å²) in [5.74, 6) is -0.0368. The molecule has 2 aliphatic heterocycles. The molecule has 9 heteroatoms. The van der Waals surface area contributed by atoms with E-state index in [1.54, 1.807) is 10.8 Å². The molecule has 2 aromatic heterocycles. The summed E-state index contributed by atoms with van der Waals surface area (Å²) in [5, 5.41) is 3.20. The Labute approximate surface area is 179 Å². The molecule has 1 N–H and O–H groups in total. The van der Waals surface area contributed by atoms with E-state index in [4.69, 9.17) is 4.74 Å². The summed E-state index contributed by atoms with van der Waals surface area (Å²) in [7, 11) is 0. The third-order valence-corrected chi connectivity index (χ3v) is 5.74. The van der Waals surface area contributed by atoms with Crippen molar-refractivity contribution >= 4 is 17.3 Å². The Kier molecular flexibility index (Phi) is 5.29. The molecule has 0 saturated carbocycles. The molecule has 0 bridgehead atoms. The van der Waals surface area contributed by atoms with E-state index in [-0.39, 0.29) is 0 Å².